The van der Waals surface area contributed by atoms with E-state index in [1.807, 2.05) is 12.1 Å². The average Bonchev–Trinajstić information content (AvgIpc) is 2.97. The Hall–Kier alpha value is -3.88. The fraction of sp³-hybridized carbons (Fsp3) is 0.310. The van der Waals surface area contributed by atoms with Crippen molar-refractivity contribution in [2.45, 2.75) is 42.7 Å². The first kappa shape index (κ1) is 30.6. The number of carboxylic acid groups (broad SMARTS) is 1. The van der Waals surface area contributed by atoms with Crippen LogP contribution in [0.25, 0.3) is 0 Å². The van der Waals surface area contributed by atoms with Crippen molar-refractivity contribution < 1.29 is 49.8 Å². The van der Waals surface area contributed by atoms with Crippen LogP contribution in [0.1, 0.15) is 46.7 Å². The second kappa shape index (κ2) is 12.0. The highest BCUT2D eigenvalue weighted by Crippen LogP contribution is 2.36. The minimum absolute atomic E-state index is 0.0750. The first-order valence-corrected chi connectivity index (χ1v) is 14.7. The van der Waals surface area contributed by atoms with Gasteiger partial charge in [-0.15, -0.1) is 0 Å². The molecule has 0 radical (unpaired) electrons. The summed E-state index contributed by atoms with van der Waals surface area (Å²) >= 11 is 0. The Kier molecular flexibility index (Phi) is 8.54. The second-order valence-electron chi connectivity index (χ2n) is 10.2. The van der Waals surface area contributed by atoms with E-state index in [0.29, 0.717) is 23.1 Å². The molecule has 3 aromatic rings. The number of sulfonamides is 1. The lowest BCUT2D eigenvalue weighted by Gasteiger charge is -2.41. The molecule has 2 heterocycles. The van der Waals surface area contributed by atoms with Crippen LogP contribution in [-0.4, -0.2) is 55.5 Å². The summed E-state index contributed by atoms with van der Waals surface area (Å²) in [5, 5.41) is 9.78. The van der Waals surface area contributed by atoms with E-state index in [1.165, 1.54) is 24.3 Å². The van der Waals surface area contributed by atoms with Crippen molar-refractivity contribution in [1.82, 2.24) is 4.31 Å². The Morgan fingerprint density at radius 3 is 2.00 bits per heavy atom. The van der Waals surface area contributed by atoms with Gasteiger partial charge in [-0.1, -0.05) is 36.4 Å². The molecule has 0 bridgehead atoms. The van der Waals surface area contributed by atoms with Gasteiger partial charge in [-0.3, -0.25) is 4.79 Å². The lowest BCUT2D eigenvalue weighted by Crippen LogP contribution is -2.59. The van der Waals surface area contributed by atoms with Crippen LogP contribution in [0.5, 0.6) is 0 Å². The van der Waals surface area contributed by atoms with E-state index in [0.717, 1.165) is 23.3 Å². The molecule has 1 unspecified atom stereocenters. The number of para-hydroxylation sites is 1. The molecular weight excluding hydrogens is 599 g/mol. The third-order valence-corrected chi connectivity index (χ3v) is 9.63. The Morgan fingerprint density at radius 2 is 1.44 bits per heavy atom. The molecule has 228 valence electrons. The summed E-state index contributed by atoms with van der Waals surface area (Å²) in [5.74, 6) is -14.5. The van der Waals surface area contributed by atoms with Gasteiger partial charge in [0, 0.05) is 19.8 Å². The average molecular weight is 625 g/mol. The zero-order valence-electron chi connectivity index (χ0n) is 22.4. The lowest BCUT2D eigenvalue weighted by atomic mass is 9.91. The third-order valence-electron chi connectivity index (χ3n) is 7.70. The van der Waals surface area contributed by atoms with Crippen molar-refractivity contribution in [3.8, 4) is 0 Å². The van der Waals surface area contributed by atoms with E-state index in [4.69, 9.17) is 4.74 Å². The number of amides is 1. The highest BCUT2D eigenvalue weighted by atomic mass is 32.2. The Labute approximate surface area is 243 Å². The molecular formula is C29H25F5N2O6S. The van der Waals surface area contributed by atoms with E-state index in [1.54, 1.807) is 12.1 Å². The van der Waals surface area contributed by atoms with Crippen LogP contribution < -0.4 is 4.90 Å². The maximum absolute atomic E-state index is 14.5. The summed E-state index contributed by atoms with van der Waals surface area (Å²) in [6.07, 6.45) is 1.53. The first-order chi connectivity index (χ1) is 20.4. The van der Waals surface area contributed by atoms with Gasteiger partial charge in [0.15, 0.2) is 28.2 Å². The van der Waals surface area contributed by atoms with Gasteiger partial charge in [-0.05, 0) is 48.4 Å². The molecule has 0 aromatic heterocycles. The highest BCUT2D eigenvalue weighted by Gasteiger charge is 2.48. The molecule has 0 aliphatic carbocycles. The maximum Gasteiger partial charge on any atom is 0.337 e. The molecule has 43 heavy (non-hydrogen) atoms. The molecule has 8 nitrogen and oxygen atoms in total. The van der Waals surface area contributed by atoms with Gasteiger partial charge in [-0.25, -0.2) is 35.2 Å². The fourth-order valence-corrected chi connectivity index (χ4v) is 7.03. The van der Waals surface area contributed by atoms with Crippen LogP contribution >= 0.6 is 0 Å². The summed E-state index contributed by atoms with van der Waals surface area (Å²) in [7, 11) is -5.39. The minimum Gasteiger partial charge on any atom is -0.478 e. The summed E-state index contributed by atoms with van der Waals surface area (Å²) in [6, 6.07) is 11.1. The quantitative estimate of drug-likeness (QED) is 0.216. The molecule has 0 saturated carbocycles. The number of hydrogen-bond acceptors (Lipinski definition) is 5. The number of carboxylic acids is 1. The monoisotopic (exact) mass is 624 g/mol. The van der Waals surface area contributed by atoms with Crippen molar-refractivity contribution in [2.75, 3.05) is 24.7 Å². The van der Waals surface area contributed by atoms with Gasteiger partial charge in [0.05, 0.1) is 17.8 Å². The summed E-state index contributed by atoms with van der Waals surface area (Å²) in [5.41, 5.74) is 1.27. The van der Waals surface area contributed by atoms with Crippen molar-refractivity contribution >= 4 is 27.6 Å². The van der Waals surface area contributed by atoms with E-state index in [-0.39, 0.29) is 30.1 Å². The Balaban J connectivity index is 1.49. The van der Waals surface area contributed by atoms with Gasteiger partial charge in [0.1, 0.15) is 6.04 Å². The SMILES string of the molecule is O=C(O)c1ccccc1N(Cc1ccc(C2CCOCC2)cc1)C(=O)C1CCN1S(=O)(=O)c1c(F)c(F)c(F)c(F)c1F. The Morgan fingerprint density at radius 1 is 0.860 bits per heavy atom. The molecule has 1 amide bonds. The number of anilines is 1. The fourth-order valence-electron chi connectivity index (χ4n) is 5.29. The number of benzene rings is 3. The van der Waals surface area contributed by atoms with Crippen LogP contribution in [0.3, 0.4) is 0 Å². The molecule has 2 aliphatic heterocycles. The van der Waals surface area contributed by atoms with Gasteiger partial charge < -0.3 is 14.7 Å². The molecule has 2 fully saturated rings. The summed E-state index contributed by atoms with van der Waals surface area (Å²) in [4.78, 5) is 24.9. The number of carbonyl (C=O) groups excluding carboxylic acids is 1. The van der Waals surface area contributed by atoms with E-state index in [9.17, 15) is 45.1 Å². The smallest absolute Gasteiger partial charge is 0.337 e. The standard InChI is InChI=1S/C29H25F5N2O6S/c30-22-23(31)25(33)27(26(34)24(22)32)43(40,41)36-12-9-21(36)28(37)35(20-4-2-1-3-19(20)29(38)39)15-16-5-7-17(8-6-16)18-10-13-42-14-11-18/h1-8,18,21H,9-15H2,(H,38,39). The van der Waals surface area contributed by atoms with Crippen LogP contribution in [0.2, 0.25) is 0 Å². The molecule has 0 spiro atoms. The normalized spacial score (nSPS) is 17.8. The Bertz CT molecular complexity index is 1650. The number of aromatic carboxylic acids is 1. The van der Waals surface area contributed by atoms with Crippen molar-refractivity contribution in [3.63, 3.8) is 0 Å². The molecule has 1 N–H and O–H groups in total. The maximum atomic E-state index is 14.5. The molecule has 1 atom stereocenters. The van der Waals surface area contributed by atoms with Crippen molar-refractivity contribution in [2.24, 2.45) is 0 Å². The molecule has 2 aliphatic rings. The zero-order valence-corrected chi connectivity index (χ0v) is 23.2. The number of ether oxygens (including phenoxy) is 1. The number of carbonyl (C=O) groups is 2. The third kappa shape index (κ3) is 5.61. The van der Waals surface area contributed by atoms with Crippen molar-refractivity contribution in [1.29, 1.82) is 0 Å². The number of rotatable bonds is 8. The van der Waals surface area contributed by atoms with Crippen LogP contribution in [0, 0.1) is 29.1 Å². The van der Waals surface area contributed by atoms with E-state index >= 15 is 0 Å². The zero-order chi connectivity index (χ0) is 31.1. The topological polar surface area (TPSA) is 104 Å². The minimum atomic E-state index is -5.39. The van der Waals surface area contributed by atoms with E-state index < -0.39 is 68.5 Å². The van der Waals surface area contributed by atoms with Crippen molar-refractivity contribution in [3.05, 3.63) is 94.3 Å². The van der Waals surface area contributed by atoms with Gasteiger partial charge in [0.2, 0.25) is 21.7 Å². The summed E-state index contributed by atoms with van der Waals surface area (Å²) < 4.78 is 102. The lowest BCUT2D eigenvalue weighted by molar-refractivity contribution is -0.125. The first-order valence-electron chi connectivity index (χ1n) is 13.3. The molecule has 14 heteroatoms. The largest absolute Gasteiger partial charge is 0.478 e. The van der Waals surface area contributed by atoms with Crippen LogP contribution in [-0.2, 0) is 26.1 Å². The number of halogens is 5. The predicted octanol–water partition coefficient (Wildman–Crippen LogP) is 4.97. The van der Waals surface area contributed by atoms with Gasteiger partial charge >= 0.3 is 5.97 Å². The number of nitrogens with zero attached hydrogens (tertiary/aromatic N) is 2. The second-order valence-corrected chi connectivity index (χ2v) is 12.0. The molecule has 2 saturated heterocycles. The summed E-state index contributed by atoms with van der Waals surface area (Å²) in [6.45, 7) is 0.607. The predicted molar refractivity (Wildman–Crippen MR) is 142 cm³/mol. The van der Waals surface area contributed by atoms with Crippen LogP contribution in [0.15, 0.2) is 53.4 Å². The molecule has 3 aromatic carbocycles. The van der Waals surface area contributed by atoms with Gasteiger partial charge in [0.25, 0.3) is 0 Å². The van der Waals surface area contributed by atoms with E-state index in [2.05, 4.69) is 0 Å². The molecule has 5 rings (SSSR count). The number of hydrogen-bond donors (Lipinski definition) is 1. The van der Waals surface area contributed by atoms with Crippen LogP contribution in [0.4, 0.5) is 27.6 Å². The highest BCUT2D eigenvalue weighted by molar-refractivity contribution is 7.89. The van der Waals surface area contributed by atoms with Gasteiger partial charge in [-0.2, -0.15) is 4.31 Å².